The zero-order valence-corrected chi connectivity index (χ0v) is 7.07. The molecule has 0 aliphatic carbocycles. The molecule has 1 aromatic carbocycles. The van der Waals surface area contributed by atoms with Crippen LogP contribution in [0.1, 0.15) is 10.4 Å². The summed E-state index contributed by atoms with van der Waals surface area (Å²) in [6.07, 6.45) is 0. The van der Waals surface area contributed by atoms with E-state index in [0.29, 0.717) is 16.9 Å². The second kappa shape index (κ2) is 2.32. The van der Waals surface area contributed by atoms with Gasteiger partial charge >= 0.3 is 0 Å². The van der Waals surface area contributed by atoms with Crippen LogP contribution in [0.15, 0.2) is 18.2 Å². The molecule has 1 amide bonds. The van der Waals surface area contributed by atoms with Crippen molar-refractivity contribution in [2.24, 2.45) is 0 Å². The van der Waals surface area contributed by atoms with E-state index in [-0.39, 0.29) is 0 Å². The van der Waals surface area contributed by atoms with E-state index >= 15 is 0 Å². The summed E-state index contributed by atoms with van der Waals surface area (Å²) in [5.74, 6) is -0.960. The summed E-state index contributed by atoms with van der Waals surface area (Å²) in [6.45, 7) is 0. The maximum absolute atomic E-state index is 11.3. The maximum atomic E-state index is 11.3. The van der Waals surface area contributed by atoms with E-state index in [4.69, 9.17) is 5.73 Å². The van der Waals surface area contributed by atoms with E-state index in [1.54, 1.807) is 25.2 Å². The highest BCUT2D eigenvalue weighted by molar-refractivity contribution is 6.52. The lowest BCUT2D eigenvalue weighted by atomic mass is 10.1. The SMILES string of the molecule is CN1C(=O)C(=O)c2ccc(N)cc21. The molecule has 1 heterocycles. The van der Waals surface area contributed by atoms with Crippen molar-refractivity contribution < 1.29 is 9.59 Å². The average Bonchev–Trinajstić information content (AvgIpc) is 2.32. The number of ketones is 1. The summed E-state index contributed by atoms with van der Waals surface area (Å²) in [4.78, 5) is 23.8. The zero-order chi connectivity index (χ0) is 9.59. The standard InChI is InChI=1S/C9H8N2O2/c1-11-7-4-5(10)2-3-6(7)8(12)9(11)13/h2-4H,10H2,1H3. The van der Waals surface area contributed by atoms with Gasteiger partial charge in [-0.2, -0.15) is 0 Å². The number of carbonyl (C=O) groups is 2. The molecule has 1 aliphatic rings. The Labute approximate surface area is 74.9 Å². The van der Waals surface area contributed by atoms with Gasteiger partial charge in [0.05, 0.1) is 11.3 Å². The number of likely N-dealkylation sites (N-methyl/N-ethyl adjacent to an activating group) is 1. The fourth-order valence-electron chi connectivity index (χ4n) is 1.40. The number of benzene rings is 1. The molecule has 0 saturated heterocycles. The van der Waals surface area contributed by atoms with E-state index in [9.17, 15) is 9.59 Å². The first-order valence-corrected chi connectivity index (χ1v) is 3.83. The van der Waals surface area contributed by atoms with Crippen molar-refractivity contribution in [3.05, 3.63) is 23.8 Å². The number of nitrogens with zero attached hydrogens (tertiary/aromatic N) is 1. The molecule has 0 spiro atoms. The first-order chi connectivity index (χ1) is 6.11. The number of Topliss-reactive ketones (excluding diaryl/α,β-unsaturated/α-hetero) is 1. The second-order valence-electron chi connectivity index (χ2n) is 2.97. The normalized spacial score (nSPS) is 15.0. The van der Waals surface area contributed by atoms with Gasteiger partial charge in [0.2, 0.25) is 0 Å². The van der Waals surface area contributed by atoms with Gasteiger partial charge in [-0.05, 0) is 18.2 Å². The van der Waals surface area contributed by atoms with Crippen LogP contribution in [0.5, 0.6) is 0 Å². The molecule has 66 valence electrons. The molecule has 0 saturated carbocycles. The lowest BCUT2D eigenvalue weighted by molar-refractivity contribution is -0.114. The second-order valence-corrected chi connectivity index (χ2v) is 2.97. The Bertz CT molecular complexity index is 412. The van der Waals surface area contributed by atoms with Crippen LogP contribution in [0.25, 0.3) is 0 Å². The Hall–Kier alpha value is -1.84. The predicted molar refractivity (Wildman–Crippen MR) is 48.6 cm³/mol. The fraction of sp³-hybridized carbons (Fsp3) is 0.111. The molecule has 2 N–H and O–H groups in total. The minimum Gasteiger partial charge on any atom is -0.399 e. The van der Waals surface area contributed by atoms with Gasteiger partial charge in [-0.15, -0.1) is 0 Å². The van der Waals surface area contributed by atoms with E-state index in [1.165, 1.54) is 4.90 Å². The number of rotatable bonds is 0. The minimum absolute atomic E-state index is 0.432. The minimum atomic E-state index is -0.499. The number of amides is 1. The summed E-state index contributed by atoms with van der Waals surface area (Å²) in [7, 11) is 1.56. The predicted octanol–water partition coefficient (Wildman–Crippen LogP) is 0.428. The monoisotopic (exact) mass is 176 g/mol. The Morgan fingerprint density at radius 1 is 1.31 bits per heavy atom. The van der Waals surface area contributed by atoms with Gasteiger partial charge in [0.25, 0.3) is 11.7 Å². The highest BCUT2D eigenvalue weighted by atomic mass is 16.2. The molecule has 0 fully saturated rings. The van der Waals surface area contributed by atoms with Gasteiger partial charge in [-0.1, -0.05) is 0 Å². The molecular weight excluding hydrogens is 168 g/mol. The van der Waals surface area contributed by atoms with Crippen molar-refractivity contribution in [2.45, 2.75) is 0 Å². The third-order valence-corrected chi connectivity index (χ3v) is 2.13. The van der Waals surface area contributed by atoms with Crippen LogP contribution < -0.4 is 10.6 Å². The van der Waals surface area contributed by atoms with E-state index in [1.807, 2.05) is 0 Å². The highest BCUT2D eigenvalue weighted by Gasteiger charge is 2.32. The Kier molecular flexibility index (Phi) is 1.39. The number of nitrogen functional groups attached to an aromatic ring is 1. The number of carbonyl (C=O) groups excluding carboxylic acids is 2. The molecule has 0 bridgehead atoms. The topological polar surface area (TPSA) is 63.4 Å². The van der Waals surface area contributed by atoms with E-state index in [2.05, 4.69) is 0 Å². The number of anilines is 2. The largest absolute Gasteiger partial charge is 0.399 e. The van der Waals surface area contributed by atoms with Crippen molar-refractivity contribution in [3.63, 3.8) is 0 Å². The molecule has 13 heavy (non-hydrogen) atoms. The number of fused-ring (bicyclic) bond motifs is 1. The third-order valence-electron chi connectivity index (χ3n) is 2.13. The fourth-order valence-corrected chi connectivity index (χ4v) is 1.40. The molecule has 0 aromatic heterocycles. The molecule has 0 unspecified atom stereocenters. The first kappa shape index (κ1) is 7.79. The van der Waals surface area contributed by atoms with Crippen molar-refractivity contribution in [1.82, 2.24) is 0 Å². The molecule has 1 aliphatic heterocycles. The first-order valence-electron chi connectivity index (χ1n) is 3.83. The number of hydrogen-bond acceptors (Lipinski definition) is 3. The average molecular weight is 176 g/mol. The molecule has 0 radical (unpaired) electrons. The van der Waals surface area contributed by atoms with Crippen LogP contribution in [0.3, 0.4) is 0 Å². The zero-order valence-electron chi connectivity index (χ0n) is 7.07. The molecule has 2 rings (SSSR count). The lowest BCUT2D eigenvalue weighted by Crippen LogP contribution is -2.24. The van der Waals surface area contributed by atoms with E-state index in [0.717, 1.165) is 0 Å². The van der Waals surface area contributed by atoms with E-state index < -0.39 is 11.7 Å². The van der Waals surface area contributed by atoms with Crippen molar-refractivity contribution >= 4 is 23.1 Å². The number of nitrogens with two attached hydrogens (primary N) is 1. The van der Waals surface area contributed by atoms with Crippen molar-refractivity contribution in [2.75, 3.05) is 17.7 Å². The summed E-state index contributed by atoms with van der Waals surface area (Å²) >= 11 is 0. The Morgan fingerprint density at radius 2 is 2.00 bits per heavy atom. The summed E-state index contributed by atoms with van der Waals surface area (Å²) in [5.41, 5.74) is 7.11. The van der Waals surface area contributed by atoms with Crippen LogP contribution in [-0.2, 0) is 4.79 Å². The molecule has 4 heteroatoms. The van der Waals surface area contributed by atoms with Gasteiger partial charge in [-0.25, -0.2) is 0 Å². The van der Waals surface area contributed by atoms with Gasteiger partial charge in [-0.3, -0.25) is 9.59 Å². The van der Waals surface area contributed by atoms with Gasteiger partial charge in [0.1, 0.15) is 0 Å². The smallest absolute Gasteiger partial charge is 0.299 e. The lowest BCUT2D eigenvalue weighted by Gasteiger charge is -2.08. The van der Waals surface area contributed by atoms with Gasteiger partial charge in [0.15, 0.2) is 0 Å². The summed E-state index contributed by atoms with van der Waals surface area (Å²) in [6, 6.07) is 4.82. The van der Waals surface area contributed by atoms with Crippen LogP contribution >= 0.6 is 0 Å². The maximum Gasteiger partial charge on any atom is 0.299 e. The van der Waals surface area contributed by atoms with Gasteiger partial charge < -0.3 is 10.6 Å². The Morgan fingerprint density at radius 3 is 2.69 bits per heavy atom. The van der Waals surface area contributed by atoms with Crippen LogP contribution in [0.4, 0.5) is 11.4 Å². The molecule has 0 atom stereocenters. The van der Waals surface area contributed by atoms with Crippen molar-refractivity contribution in [1.29, 1.82) is 0 Å². The Balaban J connectivity index is 2.67. The van der Waals surface area contributed by atoms with Crippen LogP contribution in [-0.4, -0.2) is 18.7 Å². The summed E-state index contributed by atoms with van der Waals surface area (Å²) < 4.78 is 0. The molecule has 4 nitrogen and oxygen atoms in total. The molecule has 1 aromatic rings. The van der Waals surface area contributed by atoms with Gasteiger partial charge in [0, 0.05) is 12.7 Å². The summed E-state index contributed by atoms with van der Waals surface area (Å²) in [5, 5.41) is 0. The highest BCUT2D eigenvalue weighted by Crippen LogP contribution is 2.29. The van der Waals surface area contributed by atoms with Crippen LogP contribution in [0.2, 0.25) is 0 Å². The quantitative estimate of drug-likeness (QED) is 0.460. The van der Waals surface area contributed by atoms with Crippen LogP contribution in [0, 0.1) is 0 Å². The number of hydrogen-bond donors (Lipinski definition) is 1. The third kappa shape index (κ3) is 0.917. The van der Waals surface area contributed by atoms with Crippen molar-refractivity contribution in [3.8, 4) is 0 Å². The molecular formula is C9H8N2O2.